The van der Waals surface area contributed by atoms with Gasteiger partial charge in [0.25, 0.3) is 11.8 Å². The minimum absolute atomic E-state index is 0.0620. The van der Waals surface area contributed by atoms with Crippen LogP contribution in [0.25, 0.3) is 0 Å². The summed E-state index contributed by atoms with van der Waals surface area (Å²) < 4.78 is 11.4. The van der Waals surface area contributed by atoms with Crippen LogP contribution in [0, 0.1) is 0 Å². The lowest BCUT2D eigenvalue weighted by molar-refractivity contribution is -0.115. The van der Waals surface area contributed by atoms with Crippen LogP contribution in [0.15, 0.2) is 42.5 Å². The zero-order valence-corrected chi connectivity index (χ0v) is 16.1. The van der Waals surface area contributed by atoms with E-state index in [1.54, 1.807) is 49.4 Å². The summed E-state index contributed by atoms with van der Waals surface area (Å²) >= 11 is 0. The van der Waals surface area contributed by atoms with E-state index in [0.717, 1.165) is 12.8 Å². The van der Waals surface area contributed by atoms with Gasteiger partial charge in [-0.25, -0.2) is 0 Å². The van der Waals surface area contributed by atoms with Crippen LogP contribution in [0.2, 0.25) is 0 Å². The van der Waals surface area contributed by atoms with Gasteiger partial charge in [0.15, 0.2) is 0 Å². The molecule has 2 heterocycles. The van der Waals surface area contributed by atoms with Gasteiger partial charge in [-0.05, 0) is 55.3 Å². The molecule has 0 aliphatic carbocycles. The second-order valence-electron chi connectivity index (χ2n) is 7.09. The van der Waals surface area contributed by atoms with Crippen LogP contribution in [-0.4, -0.2) is 41.9 Å². The van der Waals surface area contributed by atoms with Gasteiger partial charge in [-0.2, -0.15) is 0 Å². The molecule has 0 saturated carbocycles. The monoisotopic (exact) mass is 394 g/mol. The van der Waals surface area contributed by atoms with Crippen LogP contribution in [0.3, 0.4) is 0 Å². The highest BCUT2D eigenvalue weighted by molar-refractivity contribution is 6.21. The summed E-state index contributed by atoms with van der Waals surface area (Å²) in [7, 11) is 0. The molecule has 29 heavy (non-hydrogen) atoms. The quantitative estimate of drug-likeness (QED) is 0.757. The third kappa shape index (κ3) is 4.00. The van der Waals surface area contributed by atoms with Gasteiger partial charge in [0.1, 0.15) is 11.5 Å². The van der Waals surface area contributed by atoms with Crippen LogP contribution >= 0.6 is 0 Å². The van der Waals surface area contributed by atoms with E-state index in [0.29, 0.717) is 41.3 Å². The number of anilines is 1. The molecule has 2 aromatic rings. The molecule has 0 spiro atoms. The first-order valence-electron chi connectivity index (χ1n) is 9.74. The maximum Gasteiger partial charge on any atom is 0.261 e. The summed E-state index contributed by atoms with van der Waals surface area (Å²) in [4.78, 5) is 38.0. The molecule has 2 aromatic carbocycles. The first-order chi connectivity index (χ1) is 14.0. The first-order valence-corrected chi connectivity index (χ1v) is 9.74. The predicted molar refractivity (Wildman–Crippen MR) is 106 cm³/mol. The Kier molecular flexibility index (Phi) is 5.31. The average Bonchev–Trinajstić information content (AvgIpc) is 3.32. The second-order valence-corrected chi connectivity index (χ2v) is 7.09. The Morgan fingerprint density at radius 1 is 1.10 bits per heavy atom. The number of carbonyl (C=O) groups is 3. The lowest BCUT2D eigenvalue weighted by atomic mass is 10.1. The molecule has 0 bridgehead atoms. The Labute approximate surface area is 168 Å². The van der Waals surface area contributed by atoms with Gasteiger partial charge in [-0.3, -0.25) is 19.3 Å². The van der Waals surface area contributed by atoms with Gasteiger partial charge in [-0.1, -0.05) is 6.92 Å². The topological polar surface area (TPSA) is 84.9 Å². The maximum absolute atomic E-state index is 12.7. The molecule has 1 atom stereocenters. The Hall–Kier alpha value is -3.19. The second kappa shape index (κ2) is 8.05. The smallest absolute Gasteiger partial charge is 0.261 e. The Morgan fingerprint density at radius 3 is 2.52 bits per heavy atom. The summed E-state index contributed by atoms with van der Waals surface area (Å²) in [5, 5.41) is 2.77. The highest BCUT2D eigenvalue weighted by Gasteiger charge is 2.37. The number of nitrogens with one attached hydrogen (secondary N) is 1. The number of ether oxygens (including phenoxy) is 2. The molecule has 1 N–H and O–H groups in total. The molecule has 0 radical (unpaired) electrons. The van der Waals surface area contributed by atoms with Gasteiger partial charge in [0.05, 0.1) is 23.8 Å². The number of benzene rings is 2. The highest BCUT2D eigenvalue weighted by atomic mass is 16.5. The third-order valence-electron chi connectivity index (χ3n) is 5.05. The van der Waals surface area contributed by atoms with Crippen molar-refractivity contribution in [3.8, 4) is 11.5 Å². The van der Waals surface area contributed by atoms with E-state index in [2.05, 4.69) is 5.32 Å². The van der Waals surface area contributed by atoms with Crippen LogP contribution in [-0.2, 0) is 9.53 Å². The number of fused-ring (bicyclic) bond motifs is 1. The first kappa shape index (κ1) is 19.1. The SMILES string of the molecule is CCC(=O)Nc1ccc(Oc2ccc3c(c2)C(=O)N(C[C@H]2CCCO2)C3=O)cc1. The van der Waals surface area contributed by atoms with E-state index in [1.807, 2.05) is 0 Å². The van der Waals surface area contributed by atoms with E-state index >= 15 is 0 Å². The fraction of sp³-hybridized carbons (Fsp3) is 0.318. The largest absolute Gasteiger partial charge is 0.457 e. The van der Waals surface area contributed by atoms with Crippen molar-refractivity contribution in [3.05, 3.63) is 53.6 Å². The van der Waals surface area contributed by atoms with Crippen LogP contribution < -0.4 is 10.1 Å². The molecular weight excluding hydrogens is 372 g/mol. The van der Waals surface area contributed by atoms with Crippen LogP contribution in [0.4, 0.5) is 5.69 Å². The van der Waals surface area contributed by atoms with Gasteiger partial charge >= 0.3 is 0 Å². The van der Waals surface area contributed by atoms with E-state index in [9.17, 15) is 14.4 Å². The molecule has 1 fully saturated rings. The molecular formula is C22H22N2O5. The number of amides is 3. The van der Waals surface area contributed by atoms with Crippen LogP contribution in [0.5, 0.6) is 11.5 Å². The maximum atomic E-state index is 12.7. The molecule has 150 valence electrons. The zero-order valence-electron chi connectivity index (χ0n) is 16.1. The minimum Gasteiger partial charge on any atom is -0.457 e. The van der Waals surface area contributed by atoms with Crippen molar-refractivity contribution in [2.24, 2.45) is 0 Å². The zero-order chi connectivity index (χ0) is 20.4. The molecule has 2 aliphatic rings. The van der Waals surface area contributed by atoms with Crippen molar-refractivity contribution in [1.82, 2.24) is 4.90 Å². The average molecular weight is 394 g/mol. The number of carbonyl (C=O) groups excluding carboxylic acids is 3. The fourth-order valence-electron chi connectivity index (χ4n) is 3.48. The molecule has 0 unspecified atom stereocenters. The van der Waals surface area contributed by atoms with Crippen molar-refractivity contribution in [2.45, 2.75) is 32.3 Å². The number of rotatable bonds is 6. The summed E-state index contributed by atoms with van der Waals surface area (Å²) in [6, 6.07) is 11.8. The number of nitrogens with zero attached hydrogens (tertiary/aromatic N) is 1. The van der Waals surface area contributed by atoms with Crippen molar-refractivity contribution < 1.29 is 23.9 Å². The summed E-state index contributed by atoms with van der Waals surface area (Å²) in [6.07, 6.45) is 2.13. The van der Waals surface area contributed by atoms with E-state index in [-0.39, 0.29) is 30.4 Å². The van der Waals surface area contributed by atoms with E-state index in [1.165, 1.54) is 4.90 Å². The lowest BCUT2D eigenvalue weighted by Gasteiger charge is -2.17. The molecule has 4 rings (SSSR count). The van der Waals surface area contributed by atoms with Crippen molar-refractivity contribution in [2.75, 3.05) is 18.5 Å². The van der Waals surface area contributed by atoms with Gasteiger partial charge < -0.3 is 14.8 Å². The summed E-state index contributed by atoms with van der Waals surface area (Å²) in [6.45, 7) is 2.74. The molecule has 1 saturated heterocycles. The van der Waals surface area contributed by atoms with Crippen molar-refractivity contribution in [3.63, 3.8) is 0 Å². The molecule has 0 aromatic heterocycles. The fourth-order valence-corrected chi connectivity index (χ4v) is 3.48. The summed E-state index contributed by atoms with van der Waals surface area (Å²) in [5.74, 6) is 0.362. The van der Waals surface area contributed by atoms with Gasteiger partial charge in [0, 0.05) is 18.7 Å². The van der Waals surface area contributed by atoms with Crippen LogP contribution in [0.1, 0.15) is 46.9 Å². The Balaban J connectivity index is 1.46. The molecule has 3 amide bonds. The molecule has 2 aliphatic heterocycles. The standard InChI is InChI=1S/C22H22N2O5/c1-2-20(25)23-14-5-7-15(8-6-14)29-16-9-10-18-19(12-16)22(27)24(21(18)26)13-17-4-3-11-28-17/h5-10,12,17H,2-4,11,13H2,1H3,(H,23,25)/t17-/m1/s1. The Bertz CT molecular complexity index is 948. The summed E-state index contributed by atoms with van der Waals surface area (Å²) in [5.41, 5.74) is 1.42. The number of hydrogen-bond acceptors (Lipinski definition) is 5. The minimum atomic E-state index is -0.316. The molecule has 7 nitrogen and oxygen atoms in total. The van der Waals surface area contributed by atoms with E-state index in [4.69, 9.17) is 9.47 Å². The third-order valence-corrected chi connectivity index (χ3v) is 5.05. The van der Waals surface area contributed by atoms with E-state index < -0.39 is 0 Å². The number of hydrogen-bond donors (Lipinski definition) is 1. The van der Waals surface area contributed by atoms with Crippen molar-refractivity contribution in [1.29, 1.82) is 0 Å². The van der Waals surface area contributed by atoms with Crippen molar-refractivity contribution >= 4 is 23.4 Å². The molecule has 7 heteroatoms. The number of imide groups is 1. The van der Waals surface area contributed by atoms with Gasteiger partial charge in [-0.15, -0.1) is 0 Å². The predicted octanol–water partition coefficient (Wildman–Crippen LogP) is 3.60. The normalized spacial score (nSPS) is 18.1. The van der Waals surface area contributed by atoms with Gasteiger partial charge in [0.2, 0.25) is 5.91 Å². The highest BCUT2D eigenvalue weighted by Crippen LogP contribution is 2.30. The lowest BCUT2D eigenvalue weighted by Crippen LogP contribution is -2.36. The Morgan fingerprint density at radius 2 is 1.83 bits per heavy atom.